The van der Waals surface area contributed by atoms with E-state index in [2.05, 4.69) is 85.2 Å². The summed E-state index contributed by atoms with van der Waals surface area (Å²) in [4.78, 5) is 1.19. The van der Waals surface area contributed by atoms with Gasteiger partial charge in [0, 0.05) is 17.5 Å². The molecule has 0 aliphatic heterocycles. The minimum atomic E-state index is 0.468. The summed E-state index contributed by atoms with van der Waals surface area (Å²) < 4.78 is 8.97. The van der Waals surface area contributed by atoms with Crippen molar-refractivity contribution in [3.8, 4) is 5.75 Å². The monoisotopic (exact) mass is 495 g/mol. The molecule has 1 aromatic carbocycles. The molecule has 0 spiro atoms. The Bertz CT molecular complexity index is 590. The Morgan fingerprint density at radius 2 is 1.81 bits per heavy atom. The number of benzene rings is 1. The van der Waals surface area contributed by atoms with Crippen LogP contribution in [0.15, 0.2) is 37.0 Å². The summed E-state index contributed by atoms with van der Waals surface area (Å²) in [5.41, 5.74) is 1.22. The van der Waals surface area contributed by atoms with Gasteiger partial charge in [-0.2, -0.15) is 0 Å². The van der Waals surface area contributed by atoms with Crippen molar-refractivity contribution in [1.82, 2.24) is 5.32 Å². The molecule has 0 atom stereocenters. The number of hydrogen-bond donors (Lipinski definition) is 1. The van der Waals surface area contributed by atoms with Gasteiger partial charge in [-0.1, -0.05) is 13.8 Å². The molecule has 2 nitrogen and oxygen atoms in total. The Balaban J connectivity index is 2.06. The average Bonchev–Trinajstić information content (AvgIpc) is 2.81. The van der Waals surface area contributed by atoms with Gasteiger partial charge in [0.15, 0.2) is 0 Å². The number of halogens is 3. The number of rotatable bonds is 6. The summed E-state index contributed by atoms with van der Waals surface area (Å²) in [6, 6.07) is 8.77. The van der Waals surface area contributed by atoms with Crippen LogP contribution in [0, 0.1) is 0 Å². The summed E-state index contributed by atoms with van der Waals surface area (Å²) in [5.74, 6) is 0.841. The van der Waals surface area contributed by atoms with Crippen LogP contribution in [-0.2, 0) is 13.2 Å². The smallest absolute Gasteiger partial charge is 0.148 e. The topological polar surface area (TPSA) is 21.3 Å². The molecule has 0 unspecified atom stereocenters. The molecule has 114 valence electrons. The highest BCUT2D eigenvalue weighted by Crippen LogP contribution is 2.36. The molecule has 1 heterocycles. The first-order valence-corrected chi connectivity index (χ1v) is 9.73. The zero-order chi connectivity index (χ0) is 15.4. The van der Waals surface area contributed by atoms with Crippen molar-refractivity contribution in [2.45, 2.75) is 33.0 Å². The number of ether oxygens (including phenoxy) is 1. The van der Waals surface area contributed by atoms with E-state index in [0.717, 1.165) is 25.0 Å². The van der Waals surface area contributed by atoms with Crippen LogP contribution >= 0.6 is 59.1 Å². The minimum Gasteiger partial charge on any atom is -0.486 e. The third kappa shape index (κ3) is 5.36. The zero-order valence-electron chi connectivity index (χ0n) is 11.8. The van der Waals surface area contributed by atoms with Crippen LogP contribution < -0.4 is 10.1 Å². The fourth-order valence-corrected chi connectivity index (χ4v) is 4.65. The van der Waals surface area contributed by atoms with Gasteiger partial charge in [0.05, 0.1) is 12.7 Å². The highest BCUT2D eigenvalue weighted by atomic mass is 79.9. The second kappa shape index (κ2) is 8.11. The second-order valence-electron chi connectivity index (χ2n) is 4.92. The molecule has 0 radical (unpaired) electrons. The lowest BCUT2D eigenvalue weighted by molar-refractivity contribution is 0.305. The van der Waals surface area contributed by atoms with E-state index in [9.17, 15) is 0 Å². The van der Waals surface area contributed by atoms with E-state index in [-0.39, 0.29) is 0 Å². The first-order valence-electron chi connectivity index (χ1n) is 6.54. The molecular weight excluding hydrogens is 482 g/mol. The Morgan fingerprint density at radius 3 is 2.33 bits per heavy atom. The maximum atomic E-state index is 5.92. The van der Waals surface area contributed by atoms with Crippen LogP contribution in [0.1, 0.15) is 24.3 Å². The van der Waals surface area contributed by atoms with Gasteiger partial charge in [-0.05, 0) is 77.6 Å². The summed E-state index contributed by atoms with van der Waals surface area (Å²) in [6.45, 7) is 5.69. The third-order valence-electron chi connectivity index (χ3n) is 2.76. The molecule has 1 N–H and O–H groups in total. The first-order chi connectivity index (χ1) is 9.95. The molecule has 2 aromatic rings. The summed E-state index contributed by atoms with van der Waals surface area (Å²) in [7, 11) is 0. The molecule has 0 aliphatic carbocycles. The lowest BCUT2D eigenvalue weighted by atomic mass is 10.2. The average molecular weight is 498 g/mol. The van der Waals surface area contributed by atoms with E-state index in [4.69, 9.17) is 4.74 Å². The molecule has 0 fully saturated rings. The van der Waals surface area contributed by atoms with Crippen LogP contribution in [0.3, 0.4) is 0 Å². The zero-order valence-corrected chi connectivity index (χ0v) is 17.3. The van der Waals surface area contributed by atoms with E-state index in [1.165, 1.54) is 10.4 Å². The van der Waals surface area contributed by atoms with Crippen molar-refractivity contribution >= 4 is 59.1 Å². The molecule has 0 aliphatic rings. The molecule has 1 aromatic heterocycles. The quantitative estimate of drug-likeness (QED) is 0.519. The van der Waals surface area contributed by atoms with Gasteiger partial charge in [-0.15, -0.1) is 11.3 Å². The Morgan fingerprint density at radius 1 is 1.14 bits per heavy atom. The van der Waals surface area contributed by atoms with Crippen LogP contribution in [0.2, 0.25) is 0 Å². The molecular formula is C15H16Br3NOS. The lowest BCUT2D eigenvalue weighted by Crippen LogP contribution is -2.21. The van der Waals surface area contributed by atoms with Crippen molar-refractivity contribution < 1.29 is 4.74 Å². The van der Waals surface area contributed by atoms with Gasteiger partial charge in [0.2, 0.25) is 0 Å². The molecule has 0 amide bonds. The molecule has 0 saturated carbocycles. The van der Waals surface area contributed by atoms with Crippen LogP contribution in [0.5, 0.6) is 5.75 Å². The highest BCUT2D eigenvalue weighted by Gasteiger charge is 2.10. The number of thiophene rings is 1. The van der Waals surface area contributed by atoms with E-state index in [1.54, 1.807) is 11.3 Å². The fraction of sp³-hybridized carbons (Fsp3) is 0.333. The summed E-state index contributed by atoms with van der Waals surface area (Å²) in [5, 5.41) is 3.41. The van der Waals surface area contributed by atoms with Crippen molar-refractivity contribution in [3.63, 3.8) is 0 Å². The van der Waals surface area contributed by atoms with Crippen LogP contribution in [0.25, 0.3) is 0 Å². The molecule has 0 saturated heterocycles. The molecule has 6 heteroatoms. The Hall–Kier alpha value is 0.120. The highest BCUT2D eigenvalue weighted by molar-refractivity contribution is 9.11. The van der Waals surface area contributed by atoms with Gasteiger partial charge < -0.3 is 10.1 Å². The van der Waals surface area contributed by atoms with Gasteiger partial charge in [-0.25, -0.2) is 0 Å². The van der Waals surface area contributed by atoms with Gasteiger partial charge in [0.1, 0.15) is 12.4 Å². The predicted octanol–water partition coefficient (Wildman–Crippen LogP) is 6.11. The maximum absolute atomic E-state index is 5.92. The molecule has 21 heavy (non-hydrogen) atoms. The first kappa shape index (κ1) is 17.5. The predicted molar refractivity (Wildman–Crippen MR) is 100 cm³/mol. The lowest BCUT2D eigenvalue weighted by Gasteiger charge is -2.13. The van der Waals surface area contributed by atoms with Crippen LogP contribution in [0.4, 0.5) is 0 Å². The maximum Gasteiger partial charge on any atom is 0.148 e. The Kier molecular flexibility index (Phi) is 6.75. The van der Waals surface area contributed by atoms with Gasteiger partial charge >= 0.3 is 0 Å². The fourth-order valence-electron chi connectivity index (χ4n) is 1.75. The minimum absolute atomic E-state index is 0.468. The van der Waals surface area contributed by atoms with E-state index in [1.807, 2.05) is 6.07 Å². The summed E-state index contributed by atoms with van der Waals surface area (Å²) in [6.07, 6.45) is 0. The largest absolute Gasteiger partial charge is 0.486 e. The Labute approximate surface area is 154 Å². The van der Waals surface area contributed by atoms with Crippen LogP contribution in [-0.4, -0.2) is 6.04 Å². The normalized spacial score (nSPS) is 11.1. The summed E-state index contributed by atoms with van der Waals surface area (Å²) >= 11 is 12.3. The van der Waals surface area contributed by atoms with E-state index < -0.39 is 0 Å². The standard InChI is InChI=1S/C15H16Br3NOS/c1-9(2)19-7-10-5-12(16)15(13(17)6-10)20-8-11-3-4-14(18)21-11/h3-6,9,19H,7-8H2,1-2H3. The van der Waals surface area contributed by atoms with Crippen molar-refractivity contribution in [3.05, 3.63) is 47.4 Å². The van der Waals surface area contributed by atoms with Gasteiger partial charge in [0.25, 0.3) is 0 Å². The van der Waals surface area contributed by atoms with E-state index in [0.29, 0.717) is 12.6 Å². The number of nitrogens with one attached hydrogen (secondary N) is 1. The third-order valence-corrected chi connectivity index (χ3v) is 5.54. The number of hydrogen-bond acceptors (Lipinski definition) is 3. The second-order valence-corrected chi connectivity index (χ2v) is 9.17. The van der Waals surface area contributed by atoms with E-state index >= 15 is 0 Å². The molecule has 0 bridgehead atoms. The van der Waals surface area contributed by atoms with Crippen molar-refractivity contribution in [2.24, 2.45) is 0 Å². The van der Waals surface area contributed by atoms with Crippen molar-refractivity contribution in [1.29, 1.82) is 0 Å². The molecule has 2 rings (SSSR count). The van der Waals surface area contributed by atoms with Gasteiger partial charge in [-0.3, -0.25) is 0 Å². The van der Waals surface area contributed by atoms with Crippen molar-refractivity contribution in [2.75, 3.05) is 0 Å². The SMILES string of the molecule is CC(C)NCc1cc(Br)c(OCc2ccc(Br)s2)c(Br)c1.